The number of benzene rings is 1. The minimum absolute atomic E-state index is 0.0176. The zero-order valence-electron chi connectivity index (χ0n) is 16.4. The molecular weight excluding hydrogens is 362 g/mol. The lowest BCUT2D eigenvalue weighted by atomic mass is 9.96. The second-order valence-electron chi connectivity index (χ2n) is 7.98. The first-order valence-corrected chi connectivity index (χ1v) is 9.84. The molecule has 0 spiro atoms. The van der Waals surface area contributed by atoms with E-state index in [4.69, 9.17) is 9.47 Å². The molecule has 2 fully saturated rings. The number of hydrogen-bond acceptors (Lipinski definition) is 7. The van der Waals surface area contributed by atoms with Crippen LogP contribution >= 0.6 is 0 Å². The number of aliphatic hydroxyl groups excluding tert-OH is 1. The summed E-state index contributed by atoms with van der Waals surface area (Å²) < 4.78 is 11.1. The lowest BCUT2D eigenvalue weighted by molar-refractivity contribution is -0.176. The smallest absolute Gasteiger partial charge is 0.340 e. The van der Waals surface area contributed by atoms with Gasteiger partial charge in [-0.25, -0.2) is 4.79 Å². The van der Waals surface area contributed by atoms with E-state index >= 15 is 0 Å². The number of hydrogen-bond donors (Lipinski definition) is 2. The molecule has 2 N–H and O–H groups in total. The van der Waals surface area contributed by atoms with Crippen LogP contribution in [-0.2, 0) is 25.5 Å². The standard InChI is InChI=1S/C21H29NO6/c1-14(23)21(2,26)20(25)27-13-16-8-10-22-11-9-17(19(16)22)28-18(24)12-15-6-4-3-5-7-15/h3-7,14,16-17,19,23,26H,8-13H2,1-2H3/t14-,16-,17-,19-,21+/m1/s1. The highest BCUT2D eigenvalue weighted by molar-refractivity contribution is 5.79. The number of aliphatic hydroxyl groups is 2. The summed E-state index contributed by atoms with van der Waals surface area (Å²) in [5.41, 5.74) is -1.02. The van der Waals surface area contributed by atoms with Crippen LogP contribution in [0.15, 0.2) is 30.3 Å². The topological polar surface area (TPSA) is 96.3 Å². The normalized spacial score (nSPS) is 27.6. The summed E-state index contributed by atoms with van der Waals surface area (Å²) in [7, 11) is 0. The Morgan fingerprint density at radius 3 is 2.61 bits per heavy atom. The van der Waals surface area contributed by atoms with E-state index in [2.05, 4.69) is 4.90 Å². The maximum Gasteiger partial charge on any atom is 0.340 e. The third kappa shape index (κ3) is 4.54. The quantitative estimate of drug-likeness (QED) is 0.667. The van der Waals surface area contributed by atoms with Gasteiger partial charge < -0.3 is 19.7 Å². The number of ether oxygens (including phenoxy) is 2. The molecule has 7 nitrogen and oxygen atoms in total. The first-order chi connectivity index (χ1) is 13.3. The van der Waals surface area contributed by atoms with Crippen molar-refractivity contribution in [2.75, 3.05) is 19.7 Å². The number of fused-ring (bicyclic) bond motifs is 1. The molecule has 0 aliphatic carbocycles. The molecule has 2 heterocycles. The molecule has 3 rings (SSSR count). The van der Waals surface area contributed by atoms with E-state index in [9.17, 15) is 19.8 Å². The van der Waals surface area contributed by atoms with Gasteiger partial charge in [0.05, 0.1) is 25.2 Å². The van der Waals surface area contributed by atoms with Gasteiger partial charge in [-0.2, -0.15) is 0 Å². The summed E-state index contributed by atoms with van der Waals surface area (Å²) in [5, 5.41) is 19.6. The molecule has 7 heteroatoms. The Kier molecular flexibility index (Phi) is 6.37. The van der Waals surface area contributed by atoms with Crippen molar-refractivity contribution in [3.05, 3.63) is 35.9 Å². The zero-order chi connectivity index (χ0) is 20.3. The molecule has 0 radical (unpaired) electrons. The van der Waals surface area contributed by atoms with Crippen LogP contribution in [0.4, 0.5) is 0 Å². The molecule has 0 unspecified atom stereocenters. The Labute approximate surface area is 165 Å². The largest absolute Gasteiger partial charge is 0.463 e. The Morgan fingerprint density at radius 1 is 1.25 bits per heavy atom. The molecule has 154 valence electrons. The van der Waals surface area contributed by atoms with Crippen molar-refractivity contribution in [3.8, 4) is 0 Å². The third-order valence-electron chi connectivity index (χ3n) is 5.90. The maximum absolute atomic E-state index is 12.3. The average molecular weight is 391 g/mol. The lowest BCUT2D eigenvalue weighted by Gasteiger charge is -2.28. The molecule has 1 aromatic rings. The summed E-state index contributed by atoms with van der Waals surface area (Å²) in [6.45, 7) is 4.44. The fourth-order valence-electron chi connectivity index (χ4n) is 4.00. The van der Waals surface area contributed by atoms with E-state index in [-0.39, 0.29) is 37.1 Å². The molecule has 2 aliphatic rings. The second-order valence-corrected chi connectivity index (χ2v) is 7.98. The summed E-state index contributed by atoms with van der Waals surface area (Å²) in [6, 6.07) is 9.50. The maximum atomic E-state index is 12.3. The van der Waals surface area contributed by atoms with Crippen molar-refractivity contribution >= 4 is 11.9 Å². The van der Waals surface area contributed by atoms with Gasteiger partial charge in [0.2, 0.25) is 0 Å². The first kappa shape index (κ1) is 20.8. The molecule has 2 aliphatic heterocycles. The van der Waals surface area contributed by atoms with Crippen molar-refractivity contribution in [1.29, 1.82) is 0 Å². The van der Waals surface area contributed by atoms with Crippen LogP contribution in [0, 0.1) is 5.92 Å². The summed E-state index contributed by atoms with van der Waals surface area (Å²) >= 11 is 0. The average Bonchev–Trinajstić information content (AvgIpc) is 3.23. The van der Waals surface area contributed by atoms with Crippen molar-refractivity contribution in [1.82, 2.24) is 4.90 Å². The van der Waals surface area contributed by atoms with Gasteiger partial charge in [0.25, 0.3) is 0 Å². The highest BCUT2D eigenvalue weighted by atomic mass is 16.6. The Morgan fingerprint density at radius 2 is 1.93 bits per heavy atom. The van der Waals surface area contributed by atoms with Gasteiger partial charge in [-0.1, -0.05) is 30.3 Å². The zero-order valence-corrected chi connectivity index (χ0v) is 16.4. The minimum atomic E-state index is -1.94. The monoisotopic (exact) mass is 391 g/mol. The number of nitrogens with zero attached hydrogens (tertiary/aromatic N) is 1. The van der Waals surface area contributed by atoms with Gasteiger partial charge in [-0.05, 0) is 38.8 Å². The van der Waals surface area contributed by atoms with Crippen LogP contribution in [-0.4, -0.2) is 70.6 Å². The van der Waals surface area contributed by atoms with E-state index in [1.54, 1.807) is 0 Å². The Hall–Kier alpha value is -1.96. The summed E-state index contributed by atoms with van der Waals surface area (Å²) in [4.78, 5) is 26.7. The first-order valence-electron chi connectivity index (χ1n) is 9.84. The Bertz CT molecular complexity index is 689. The van der Waals surface area contributed by atoms with Crippen molar-refractivity contribution in [2.45, 2.75) is 57.0 Å². The highest BCUT2D eigenvalue weighted by Gasteiger charge is 2.47. The molecule has 2 saturated heterocycles. The number of rotatable bonds is 7. The van der Waals surface area contributed by atoms with Gasteiger partial charge in [0.15, 0.2) is 5.60 Å². The summed E-state index contributed by atoms with van der Waals surface area (Å²) in [6.07, 6.45) is 0.390. The molecule has 0 saturated carbocycles. The van der Waals surface area contributed by atoms with Crippen LogP contribution in [0.3, 0.4) is 0 Å². The van der Waals surface area contributed by atoms with Gasteiger partial charge >= 0.3 is 11.9 Å². The third-order valence-corrected chi connectivity index (χ3v) is 5.90. The molecular formula is C21H29NO6. The second kappa shape index (κ2) is 8.59. The van der Waals surface area contributed by atoms with E-state index in [1.165, 1.54) is 13.8 Å². The highest BCUT2D eigenvalue weighted by Crippen LogP contribution is 2.35. The van der Waals surface area contributed by atoms with Gasteiger partial charge in [-0.3, -0.25) is 9.69 Å². The number of carbonyl (C=O) groups is 2. The van der Waals surface area contributed by atoms with Gasteiger partial charge in [-0.15, -0.1) is 0 Å². The van der Waals surface area contributed by atoms with Crippen LogP contribution in [0.25, 0.3) is 0 Å². The number of carbonyl (C=O) groups excluding carboxylic acids is 2. The van der Waals surface area contributed by atoms with Gasteiger partial charge in [0, 0.05) is 12.5 Å². The van der Waals surface area contributed by atoms with Gasteiger partial charge in [0.1, 0.15) is 6.10 Å². The Balaban J connectivity index is 1.55. The van der Waals surface area contributed by atoms with Crippen molar-refractivity contribution in [3.63, 3.8) is 0 Å². The molecule has 28 heavy (non-hydrogen) atoms. The van der Waals surface area contributed by atoms with Crippen LogP contribution in [0.5, 0.6) is 0 Å². The molecule has 0 amide bonds. The molecule has 1 aromatic carbocycles. The van der Waals surface area contributed by atoms with Crippen LogP contribution in [0.2, 0.25) is 0 Å². The van der Waals surface area contributed by atoms with Crippen molar-refractivity contribution in [2.24, 2.45) is 5.92 Å². The van der Waals surface area contributed by atoms with E-state index < -0.39 is 17.7 Å². The van der Waals surface area contributed by atoms with E-state index in [0.717, 1.165) is 31.5 Å². The lowest BCUT2D eigenvalue weighted by Crippen LogP contribution is -2.47. The molecule has 0 bridgehead atoms. The number of esters is 2. The fraction of sp³-hybridized carbons (Fsp3) is 0.619. The van der Waals surface area contributed by atoms with E-state index in [0.29, 0.717) is 0 Å². The molecule has 0 aromatic heterocycles. The van der Waals surface area contributed by atoms with E-state index in [1.807, 2.05) is 30.3 Å². The minimum Gasteiger partial charge on any atom is -0.463 e. The van der Waals surface area contributed by atoms with Crippen LogP contribution < -0.4 is 0 Å². The molecule has 5 atom stereocenters. The van der Waals surface area contributed by atoms with Crippen molar-refractivity contribution < 1.29 is 29.3 Å². The predicted molar refractivity (Wildman–Crippen MR) is 101 cm³/mol. The predicted octanol–water partition coefficient (Wildman–Crippen LogP) is 0.910. The SMILES string of the molecule is C[C@@H](O)[C@](C)(O)C(=O)OC[C@H]1CCN2CC[C@@H](OC(=O)Cc3ccccc3)[C@@H]12. The fourth-order valence-corrected chi connectivity index (χ4v) is 4.00. The van der Waals surface area contributed by atoms with Crippen LogP contribution in [0.1, 0.15) is 32.3 Å². The summed E-state index contributed by atoms with van der Waals surface area (Å²) in [5.74, 6) is -1.06.